The number of aliphatic hydroxyl groups excluding tert-OH is 1. The Kier molecular flexibility index (Phi) is 3.75. The number of aromatic nitrogens is 1. The van der Waals surface area contributed by atoms with Crippen molar-refractivity contribution in [2.45, 2.75) is 25.1 Å². The fourth-order valence-corrected chi connectivity index (χ4v) is 2.15. The van der Waals surface area contributed by atoms with E-state index in [0.29, 0.717) is 16.9 Å². The molecule has 1 aliphatic carbocycles. The van der Waals surface area contributed by atoms with Crippen LogP contribution in [0.4, 0.5) is 13.2 Å². The second kappa shape index (κ2) is 5.61. The van der Waals surface area contributed by atoms with Crippen LogP contribution in [-0.2, 0) is 6.18 Å². The number of aliphatic hydroxyl groups is 1. The van der Waals surface area contributed by atoms with Crippen molar-refractivity contribution in [1.29, 1.82) is 0 Å². The first-order chi connectivity index (χ1) is 10.8. The molecule has 0 bridgehead atoms. The van der Waals surface area contributed by atoms with Gasteiger partial charge in [-0.2, -0.15) is 13.2 Å². The molecule has 1 saturated carbocycles. The van der Waals surface area contributed by atoms with Crippen LogP contribution in [0.1, 0.15) is 24.0 Å². The normalized spacial score (nSPS) is 14.6. The number of hydrogen-bond donors (Lipinski definition) is 1. The summed E-state index contributed by atoms with van der Waals surface area (Å²) in [5.74, 6) is 0.308. The van der Waals surface area contributed by atoms with Crippen LogP contribution in [0.5, 0.6) is 5.75 Å². The first kappa shape index (κ1) is 15.4. The zero-order chi connectivity index (χ0) is 16.6. The highest BCUT2D eigenvalue weighted by molar-refractivity contribution is 5.74. The molecule has 3 rings (SSSR count). The average molecular weight is 321 g/mol. The second-order valence-electron chi connectivity index (χ2n) is 5.43. The van der Waals surface area contributed by atoms with E-state index in [2.05, 4.69) is 11.6 Å². The SMILES string of the molecule is C=C(O)c1ccc(OC2CC2)c(-c2cncc(C(F)(F)F)c2)c1. The summed E-state index contributed by atoms with van der Waals surface area (Å²) in [5.41, 5.74) is 0.308. The minimum atomic E-state index is -4.47. The highest BCUT2D eigenvalue weighted by Gasteiger charge is 2.31. The van der Waals surface area contributed by atoms with Crippen molar-refractivity contribution in [1.82, 2.24) is 4.98 Å². The quantitative estimate of drug-likeness (QED) is 0.820. The van der Waals surface area contributed by atoms with E-state index in [1.165, 1.54) is 6.20 Å². The van der Waals surface area contributed by atoms with Crippen LogP contribution in [0.25, 0.3) is 16.9 Å². The summed E-state index contributed by atoms with van der Waals surface area (Å²) in [4.78, 5) is 3.68. The molecule has 1 aromatic heterocycles. The average Bonchev–Trinajstić information content (AvgIpc) is 3.31. The lowest BCUT2D eigenvalue weighted by Crippen LogP contribution is -2.06. The van der Waals surface area contributed by atoms with Crippen LogP contribution in [-0.4, -0.2) is 16.2 Å². The van der Waals surface area contributed by atoms with E-state index in [9.17, 15) is 18.3 Å². The van der Waals surface area contributed by atoms with Gasteiger partial charge in [0.05, 0.1) is 11.7 Å². The molecule has 0 atom stereocenters. The van der Waals surface area contributed by atoms with Gasteiger partial charge in [0.15, 0.2) is 0 Å². The fourth-order valence-electron chi connectivity index (χ4n) is 2.15. The van der Waals surface area contributed by atoms with E-state index in [1.807, 2.05) is 0 Å². The minimum absolute atomic E-state index is 0.0932. The molecule has 1 heterocycles. The number of halogens is 3. The van der Waals surface area contributed by atoms with Gasteiger partial charge in [-0.05, 0) is 37.1 Å². The summed E-state index contributed by atoms with van der Waals surface area (Å²) in [6, 6.07) is 5.82. The number of benzene rings is 1. The van der Waals surface area contributed by atoms with Crippen molar-refractivity contribution >= 4 is 5.76 Å². The van der Waals surface area contributed by atoms with Crippen molar-refractivity contribution in [2.24, 2.45) is 0 Å². The third-order valence-corrected chi connectivity index (χ3v) is 3.51. The molecule has 0 unspecified atom stereocenters. The van der Waals surface area contributed by atoms with Crippen LogP contribution in [0.2, 0.25) is 0 Å². The Balaban J connectivity index is 2.08. The summed E-state index contributed by atoms with van der Waals surface area (Å²) < 4.78 is 44.4. The van der Waals surface area contributed by atoms with Gasteiger partial charge in [0.1, 0.15) is 11.5 Å². The smallest absolute Gasteiger partial charge is 0.417 e. The summed E-state index contributed by atoms with van der Waals surface area (Å²) in [7, 11) is 0. The Morgan fingerprint density at radius 1 is 1.22 bits per heavy atom. The van der Waals surface area contributed by atoms with Crippen LogP contribution in [0.3, 0.4) is 0 Å². The Morgan fingerprint density at radius 2 is 1.96 bits per heavy atom. The summed E-state index contributed by atoms with van der Waals surface area (Å²) in [5, 5.41) is 9.53. The van der Waals surface area contributed by atoms with Gasteiger partial charge in [0, 0.05) is 29.1 Å². The first-order valence-electron chi connectivity index (χ1n) is 7.06. The van der Waals surface area contributed by atoms with Gasteiger partial charge in [-0.25, -0.2) is 0 Å². The molecular weight excluding hydrogens is 307 g/mol. The molecule has 6 heteroatoms. The molecule has 0 saturated heterocycles. The third kappa shape index (κ3) is 3.47. The molecule has 120 valence electrons. The van der Waals surface area contributed by atoms with E-state index in [-0.39, 0.29) is 17.4 Å². The van der Waals surface area contributed by atoms with Gasteiger partial charge in [0.25, 0.3) is 0 Å². The third-order valence-electron chi connectivity index (χ3n) is 3.51. The van der Waals surface area contributed by atoms with Gasteiger partial charge in [0.2, 0.25) is 0 Å². The molecule has 1 aromatic carbocycles. The Bertz CT molecular complexity index is 752. The molecule has 1 aliphatic rings. The van der Waals surface area contributed by atoms with Gasteiger partial charge < -0.3 is 9.84 Å². The number of ether oxygens (including phenoxy) is 1. The van der Waals surface area contributed by atoms with Crippen LogP contribution >= 0.6 is 0 Å². The Morgan fingerprint density at radius 3 is 2.57 bits per heavy atom. The van der Waals surface area contributed by atoms with Crippen LogP contribution in [0, 0.1) is 0 Å². The standard InChI is InChI=1S/C17H14F3NO2/c1-10(22)11-2-5-16(23-14-3-4-14)15(7-11)12-6-13(9-21-8-12)17(18,19)20/h2,5-9,14,22H,1,3-4H2. The zero-order valence-electron chi connectivity index (χ0n) is 12.1. The second-order valence-corrected chi connectivity index (χ2v) is 5.43. The van der Waals surface area contributed by atoms with Crippen molar-refractivity contribution in [3.05, 3.63) is 54.4 Å². The molecule has 1 N–H and O–H groups in total. The maximum Gasteiger partial charge on any atom is 0.417 e. The van der Waals surface area contributed by atoms with Crippen LogP contribution in [0.15, 0.2) is 43.2 Å². The summed E-state index contributed by atoms with van der Waals surface area (Å²) in [6.45, 7) is 3.44. The lowest BCUT2D eigenvalue weighted by Gasteiger charge is -2.14. The number of pyridine rings is 1. The molecule has 23 heavy (non-hydrogen) atoms. The van der Waals surface area contributed by atoms with Crippen molar-refractivity contribution < 1.29 is 23.0 Å². The maximum absolute atomic E-state index is 12.9. The van der Waals surface area contributed by atoms with Crippen molar-refractivity contribution in [2.75, 3.05) is 0 Å². The molecule has 0 amide bonds. The lowest BCUT2D eigenvalue weighted by atomic mass is 10.0. The predicted molar refractivity (Wildman–Crippen MR) is 80.0 cm³/mol. The Hall–Kier alpha value is -2.50. The molecular formula is C17H14F3NO2. The Labute approximate surface area is 131 Å². The first-order valence-corrected chi connectivity index (χ1v) is 7.06. The van der Waals surface area contributed by atoms with E-state index >= 15 is 0 Å². The highest BCUT2D eigenvalue weighted by atomic mass is 19.4. The molecule has 0 spiro atoms. The van der Waals surface area contributed by atoms with Crippen molar-refractivity contribution in [3.63, 3.8) is 0 Å². The number of hydrogen-bond acceptors (Lipinski definition) is 3. The van der Waals surface area contributed by atoms with E-state index in [0.717, 1.165) is 25.1 Å². The van der Waals surface area contributed by atoms with E-state index < -0.39 is 11.7 Å². The van der Waals surface area contributed by atoms with Gasteiger partial charge in [-0.3, -0.25) is 4.98 Å². The van der Waals surface area contributed by atoms with Crippen LogP contribution < -0.4 is 4.74 Å². The molecule has 0 aliphatic heterocycles. The topological polar surface area (TPSA) is 42.4 Å². The molecule has 0 radical (unpaired) electrons. The maximum atomic E-state index is 12.9. The minimum Gasteiger partial charge on any atom is -0.508 e. The predicted octanol–water partition coefficient (Wildman–Crippen LogP) is 4.84. The summed E-state index contributed by atoms with van der Waals surface area (Å²) >= 11 is 0. The van der Waals surface area contributed by atoms with E-state index in [4.69, 9.17) is 4.74 Å². The van der Waals surface area contributed by atoms with Gasteiger partial charge in [-0.15, -0.1) is 0 Å². The lowest BCUT2D eigenvalue weighted by molar-refractivity contribution is -0.137. The monoisotopic (exact) mass is 321 g/mol. The highest BCUT2D eigenvalue weighted by Crippen LogP contribution is 2.38. The van der Waals surface area contributed by atoms with Gasteiger partial charge in [-0.1, -0.05) is 6.58 Å². The largest absolute Gasteiger partial charge is 0.508 e. The number of nitrogens with zero attached hydrogens (tertiary/aromatic N) is 1. The molecule has 1 fully saturated rings. The number of alkyl halides is 3. The zero-order valence-corrected chi connectivity index (χ0v) is 12.1. The summed E-state index contributed by atoms with van der Waals surface area (Å²) in [6.07, 6.45) is -0.411. The molecule has 3 nitrogen and oxygen atoms in total. The van der Waals surface area contributed by atoms with Crippen molar-refractivity contribution in [3.8, 4) is 16.9 Å². The number of rotatable bonds is 4. The molecule has 2 aromatic rings. The fraction of sp³-hybridized carbons (Fsp3) is 0.235. The van der Waals surface area contributed by atoms with Gasteiger partial charge >= 0.3 is 6.18 Å². The van der Waals surface area contributed by atoms with E-state index in [1.54, 1.807) is 18.2 Å².